The zero-order chi connectivity index (χ0) is 23.8. The second kappa shape index (κ2) is 11.3. The van der Waals surface area contributed by atoms with Gasteiger partial charge in [-0.3, -0.25) is 9.78 Å². The summed E-state index contributed by atoms with van der Waals surface area (Å²) in [6, 6.07) is 11.3. The number of rotatable bonds is 8. The number of benzene rings is 1. The minimum Gasteiger partial charge on any atom is -0.444 e. The molecule has 2 N–H and O–H groups in total. The monoisotopic (exact) mass is 484 g/mol. The molecule has 0 aliphatic heterocycles. The molecule has 2 aromatic heterocycles. The van der Waals surface area contributed by atoms with Crippen molar-refractivity contribution in [3.63, 3.8) is 0 Å². The SMILES string of the molecule is CSCC[C@H](NC(=O)OC(C)(C)C)C(=O)Nc1nc(-c2cccc(-c3ccncc3)c2)cs1. The maximum atomic E-state index is 12.9. The van der Waals surface area contributed by atoms with Gasteiger partial charge < -0.3 is 15.4 Å². The number of alkyl carbamates (subject to hydrolysis) is 1. The largest absolute Gasteiger partial charge is 0.444 e. The molecule has 0 bridgehead atoms. The highest BCUT2D eigenvalue weighted by Crippen LogP contribution is 2.28. The maximum Gasteiger partial charge on any atom is 0.408 e. The van der Waals surface area contributed by atoms with Gasteiger partial charge in [-0.05, 0) is 68.5 Å². The summed E-state index contributed by atoms with van der Waals surface area (Å²) >= 11 is 2.95. The molecule has 0 aliphatic carbocycles. The molecule has 33 heavy (non-hydrogen) atoms. The van der Waals surface area contributed by atoms with E-state index in [0.29, 0.717) is 11.6 Å². The van der Waals surface area contributed by atoms with E-state index in [-0.39, 0.29) is 5.91 Å². The van der Waals surface area contributed by atoms with E-state index in [1.54, 1.807) is 44.9 Å². The molecule has 0 aliphatic rings. The van der Waals surface area contributed by atoms with Crippen molar-refractivity contribution in [3.8, 4) is 22.4 Å². The van der Waals surface area contributed by atoms with Crippen LogP contribution >= 0.6 is 23.1 Å². The molecule has 1 atom stereocenters. The minimum absolute atomic E-state index is 0.318. The van der Waals surface area contributed by atoms with Crippen LogP contribution in [0.1, 0.15) is 27.2 Å². The minimum atomic E-state index is -0.713. The van der Waals surface area contributed by atoms with E-state index < -0.39 is 17.7 Å². The Hall–Kier alpha value is -2.91. The molecule has 0 saturated carbocycles. The summed E-state index contributed by atoms with van der Waals surface area (Å²) in [5.74, 6) is 0.403. The van der Waals surface area contributed by atoms with Gasteiger partial charge >= 0.3 is 6.09 Å². The summed E-state index contributed by atoms with van der Waals surface area (Å²) in [7, 11) is 0. The van der Waals surface area contributed by atoms with E-state index in [9.17, 15) is 9.59 Å². The lowest BCUT2D eigenvalue weighted by Gasteiger charge is -2.23. The van der Waals surface area contributed by atoms with Crippen LogP contribution in [0, 0.1) is 0 Å². The van der Waals surface area contributed by atoms with Gasteiger partial charge in [0.05, 0.1) is 5.69 Å². The summed E-state index contributed by atoms with van der Waals surface area (Å²) in [5.41, 5.74) is 3.21. The van der Waals surface area contributed by atoms with Crippen LogP contribution in [0.2, 0.25) is 0 Å². The van der Waals surface area contributed by atoms with Gasteiger partial charge in [0.15, 0.2) is 5.13 Å². The Labute approximate surface area is 202 Å². The molecule has 0 saturated heterocycles. The van der Waals surface area contributed by atoms with Crippen LogP contribution < -0.4 is 10.6 Å². The fraction of sp³-hybridized carbons (Fsp3) is 0.333. The number of carbonyl (C=O) groups is 2. The maximum absolute atomic E-state index is 12.9. The van der Waals surface area contributed by atoms with Crippen molar-refractivity contribution in [3.05, 3.63) is 54.2 Å². The van der Waals surface area contributed by atoms with Crippen molar-refractivity contribution >= 4 is 40.2 Å². The number of nitrogens with one attached hydrogen (secondary N) is 2. The zero-order valence-electron chi connectivity index (χ0n) is 19.1. The fourth-order valence-electron chi connectivity index (χ4n) is 3.01. The van der Waals surface area contributed by atoms with Gasteiger partial charge in [0.1, 0.15) is 11.6 Å². The molecule has 9 heteroatoms. The third-order valence-corrected chi connectivity index (χ3v) is 5.93. The number of aromatic nitrogens is 2. The number of hydrogen-bond donors (Lipinski definition) is 2. The van der Waals surface area contributed by atoms with Gasteiger partial charge in [0, 0.05) is 23.3 Å². The number of pyridine rings is 1. The summed E-state index contributed by atoms with van der Waals surface area (Å²) in [6.07, 6.45) is 5.35. The Morgan fingerprint density at radius 2 is 1.85 bits per heavy atom. The van der Waals surface area contributed by atoms with Crippen LogP contribution in [-0.4, -0.2) is 45.6 Å². The van der Waals surface area contributed by atoms with Gasteiger partial charge in [-0.2, -0.15) is 11.8 Å². The smallest absolute Gasteiger partial charge is 0.408 e. The highest BCUT2D eigenvalue weighted by atomic mass is 32.2. The van der Waals surface area contributed by atoms with Crippen molar-refractivity contribution in [1.82, 2.24) is 15.3 Å². The molecule has 0 radical (unpaired) electrons. The lowest BCUT2D eigenvalue weighted by molar-refractivity contribution is -0.118. The van der Waals surface area contributed by atoms with Crippen molar-refractivity contribution in [2.45, 2.75) is 38.8 Å². The third kappa shape index (κ3) is 7.57. The van der Waals surface area contributed by atoms with Crippen LogP contribution in [0.25, 0.3) is 22.4 Å². The van der Waals surface area contributed by atoms with Crippen LogP contribution in [-0.2, 0) is 9.53 Å². The van der Waals surface area contributed by atoms with Crippen LogP contribution in [0.3, 0.4) is 0 Å². The van der Waals surface area contributed by atoms with E-state index >= 15 is 0 Å². The lowest BCUT2D eigenvalue weighted by atomic mass is 10.0. The topological polar surface area (TPSA) is 93.2 Å². The molecule has 3 rings (SSSR count). The first-order valence-corrected chi connectivity index (χ1v) is 12.8. The van der Waals surface area contributed by atoms with E-state index in [1.807, 2.05) is 42.0 Å². The molecule has 174 valence electrons. The molecule has 7 nitrogen and oxygen atoms in total. The van der Waals surface area contributed by atoms with Crippen molar-refractivity contribution in [2.24, 2.45) is 0 Å². The molecule has 2 heterocycles. The number of nitrogens with zero attached hydrogens (tertiary/aromatic N) is 2. The van der Waals surface area contributed by atoms with E-state index in [0.717, 1.165) is 28.1 Å². The molecule has 0 spiro atoms. The Bertz CT molecular complexity index is 1080. The van der Waals surface area contributed by atoms with E-state index in [2.05, 4.69) is 26.7 Å². The van der Waals surface area contributed by atoms with Gasteiger partial charge in [-0.1, -0.05) is 18.2 Å². The first kappa shape index (κ1) is 24.7. The number of ether oxygens (including phenoxy) is 1. The number of thiazole rings is 1. The quantitative estimate of drug-likeness (QED) is 0.441. The molecular weight excluding hydrogens is 456 g/mol. The summed E-state index contributed by atoms with van der Waals surface area (Å²) in [5, 5.41) is 7.89. The number of hydrogen-bond acceptors (Lipinski definition) is 7. The predicted octanol–water partition coefficient (Wildman–Crippen LogP) is 5.46. The van der Waals surface area contributed by atoms with Crippen molar-refractivity contribution < 1.29 is 14.3 Å². The highest BCUT2D eigenvalue weighted by Gasteiger charge is 2.25. The Morgan fingerprint density at radius 3 is 2.55 bits per heavy atom. The van der Waals surface area contributed by atoms with E-state index in [1.165, 1.54) is 11.3 Å². The van der Waals surface area contributed by atoms with Gasteiger partial charge in [-0.15, -0.1) is 11.3 Å². The third-order valence-electron chi connectivity index (χ3n) is 4.52. The van der Waals surface area contributed by atoms with Crippen LogP contribution in [0.5, 0.6) is 0 Å². The molecule has 0 unspecified atom stereocenters. The average Bonchev–Trinajstić information content (AvgIpc) is 3.24. The molecule has 0 fully saturated rings. The lowest BCUT2D eigenvalue weighted by Crippen LogP contribution is -2.46. The van der Waals surface area contributed by atoms with Crippen molar-refractivity contribution in [1.29, 1.82) is 0 Å². The standard InChI is InChI=1S/C24H28N4O3S2/c1-24(2,3)31-23(30)27-19(10-13-32-4)21(29)28-22-26-20(15-33-22)18-7-5-6-17(14-18)16-8-11-25-12-9-16/h5-9,11-12,14-15,19H,10,13H2,1-4H3,(H,27,30)(H,26,28,29)/t19-/m0/s1. The fourth-order valence-corrected chi connectivity index (χ4v) is 4.21. The second-order valence-corrected chi connectivity index (χ2v) is 10.2. The van der Waals surface area contributed by atoms with Crippen molar-refractivity contribution in [2.75, 3.05) is 17.3 Å². The first-order chi connectivity index (χ1) is 15.7. The number of anilines is 1. The molecular formula is C24H28N4O3S2. The predicted molar refractivity (Wildman–Crippen MR) is 136 cm³/mol. The Morgan fingerprint density at radius 1 is 1.12 bits per heavy atom. The molecule has 1 aromatic carbocycles. The second-order valence-electron chi connectivity index (χ2n) is 8.32. The first-order valence-electron chi connectivity index (χ1n) is 10.5. The Balaban J connectivity index is 1.70. The van der Waals surface area contributed by atoms with Crippen LogP contribution in [0.4, 0.5) is 9.93 Å². The summed E-state index contributed by atoms with van der Waals surface area (Å²) in [6.45, 7) is 5.35. The zero-order valence-corrected chi connectivity index (χ0v) is 20.8. The average molecular weight is 485 g/mol. The van der Waals surface area contributed by atoms with Crippen LogP contribution in [0.15, 0.2) is 54.2 Å². The number of thioether (sulfide) groups is 1. The molecule has 2 amide bonds. The Kier molecular flexibility index (Phi) is 8.46. The van der Waals surface area contributed by atoms with Gasteiger partial charge in [0.2, 0.25) is 5.91 Å². The number of amides is 2. The summed E-state index contributed by atoms with van der Waals surface area (Å²) in [4.78, 5) is 33.7. The molecule has 3 aromatic rings. The normalized spacial score (nSPS) is 12.1. The van der Waals surface area contributed by atoms with E-state index in [4.69, 9.17) is 4.74 Å². The van der Waals surface area contributed by atoms with Gasteiger partial charge in [0.25, 0.3) is 0 Å². The van der Waals surface area contributed by atoms with Gasteiger partial charge in [-0.25, -0.2) is 9.78 Å². The highest BCUT2D eigenvalue weighted by molar-refractivity contribution is 7.98. The number of carbonyl (C=O) groups excluding carboxylic acids is 2. The summed E-state index contributed by atoms with van der Waals surface area (Å²) < 4.78 is 5.30.